The van der Waals surface area contributed by atoms with Gasteiger partial charge < -0.3 is 14.7 Å². The summed E-state index contributed by atoms with van der Waals surface area (Å²) in [6, 6.07) is 3.34. The van der Waals surface area contributed by atoms with Crippen molar-refractivity contribution in [2.75, 3.05) is 19.7 Å². The molecule has 27 heavy (non-hydrogen) atoms. The number of hydrogen-bond donors (Lipinski definition) is 1. The first-order chi connectivity index (χ1) is 13.0. The Bertz CT molecular complexity index is 837. The standard InChI is InChI=1S/C19H23N3O4S/c1-2-14(22-8-3-7-20-22)17(23)21-9-5-19(6-10-21)16-13(4-11-26-19)12-15(27-16)18(24)25/h3,7-8,12,14H,2,4-6,9-11H2,1H3,(H,24,25). The van der Waals surface area contributed by atoms with Crippen LogP contribution in [-0.2, 0) is 21.6 Å². The lowest BCUT2D eigenvalue weighted by atomic mass is 9.85. The van der Waals surface area contributed by atoms with Gasteiger partial charge in [-0.1, -0.05) is 6.92 Å². The van der Waals surface area contributed by atoms with Gasteiger partial charge >= 0.3 is 5.97 Å². The van der Waals surface area contributed by atoms with Crippen molar-refractivity contribution in [3.8, 4) is 0 Å². The molecule has 1 amide bonds. The van der Waals surface area contributed by atoms with Gasteiger partial charge in [-0.25, -0.2) is 4.79 Å². The van der Waals surface area contributed by atoms with Gasteiger partial charge in [-0.3, -0.25) is 9.48 Å². The molecule has 4 heterocycles. The maximum absolute atomic E-state index is 13.0. The monoisotopic (exact) mass is 389 g/mol. The molecule has 0 radical (unpaired) electrons. The Labute approximate surface area is 161 Å². The van der Waals surface area contributed by atoms with Crippen molar-refractivity contribution >= 4 is 23.2 Å². The van der Waals surface area contributed by atoms with Crippen molar-refractivity contribution in [2.24, 2.45) is 0 Å². The topological polar surface area (TPSA) is 84.7 Å². The summed E-state index contributed by atoms with van der Waals surface area (Å²) in [6.07, 6.45) is 6.35. The van der Waals surface area contributed by atoms with Gasteiger partial charge in [0.1, 0.15) is 16.5 Å². The lowest BCUT2D eigenvalue weighted by Crippen LogP contribution is -2.49. The quantitative estimate of drug-likeness (QED) is 0.869. The number of fused-ring (bicyclic) bond motifs is 2. The average Bonchev–Trinajstić information content (AvgIpc) is 3.33. The van der Waals surface area contributed by atoms with E-state index in [1.165, 1.54) is 11.3 Å². The number of aromatic nitrogens is 2. The number of carbonyl (C=O) groups excluding carboxylic acids is 1. The molecule has 1 saturated heterocycles. The highest BCUT2D eigenvalue weighted by Gasteiger charge is 2.44. The molecule has 1 atom stereocenters. The molecule has 1 N–H and O–H groups in total. The van der Waals surface area contributed by atoms with Crippen molar-refractivity contribution in [3.05, 3.63) is 39.8 Å². The fraction of sp³-hybridized carbons (Fsp3) is 0.526. The predicted octanol–water partition coefficient (Wildman–Crippen LogP) is 2.68. The van der Waals surface area contributed by atoms with Gasteiger partial charge in [0, 0.05) is 30.4 Å². The third-order valence-electron chi connectivity index (χ3n) is 5.58. The van der Waals surface area contributed by atoms with Crippen molar-refractivity contribution in [1.29, 1.82) is 0 Å². The number of aromatic carboxylic acids is 1. The number of likely N-dealkylation sites (tertiary alicyclic amines) is 1. The largest absolute Gasteiger partial charge is 0.477 e. The van der Waals surface area contributed by atoms with E-state index >= 15 is 0 Å². The summed E-state index contributed by atoms with van der Waals surface area (Å²) in [5, 5.41) is 13.5. The van der Waals surface area contributed by atoms with Crippen molar-refractivity contribution < 1.29 is 19.4 Å². The van der Waals surface area contributed by atoms with E-state index in [1.54, 1.807) is 16.9 Å². The van der Waals surface area contributed by atoms with E-state index in [2.05, 4.69) is 5.10 Å². The Hall–Kier alpha value is -2.19. The fourth-order valence-electron chi connectivity index (χ4n) is 4.14. The summed E-state index contributed by atoms with van der Waals surface area (Å²) < 4.78 is 7.90. The smallest absolute Gasteiger partial charge is 0.345 e. The molecule has 0 aromatic carbocycles. The van der Waals surface area contributed by atoms with Crippen LogP contribution in [0.1, 0.15) is 52.3 Å². The summed E-state index contributed by atoms with van der Waals surface area (Å²) in [7, 11) is 0. The third kappa shape index (κ3) is 3.17. The SMILES string of the molecule is CCC(C(=O)N1CCC2(CC1)OCCc1cc(C(=O)O)sc12)n1cccn1. The van der Waals surface area contributed by atoms with E-state index in [9.17, 15) is 14.7 Å². The molecule has 0 aliphatic carbocycles. The number of piperidine rings is 1. The number of ether oxygens (including phenoxy) is 1. The van der Waals surface area contributed by atoms with Crippen LogP contribution < -0.4 is 0 Å². The molecular weight excluding hydrogens is 366 g/mol. The van der Waals surface area contributed by atoms with Gasteiger partial charge in [-0.2, -0.15) is 5.10 Å². The second kappa shape index (κ2) is 7.09. The lowest BCUT2D eigenvalue weighted by molar-refractivity contribution is -0.144. The molecule has 2 aliphatic heterocycles. The van der Waals surface area contributed by atoms with Crippen LogP contribution in [0, 0.1) is 0 Å². The molecule has 4 rings (SSSR count). The number of thiophene rings is 1. The Balaban J connectivity index is 1.51. The molecule has 2 aromatic rings. The van der Waals surface area contributed by atoms with Gasteiger partial charge in [-0.05, 0) is 43.4 Å². The molecular formula is C19H23N3O4S. The zero-order valence-electron chi connectivity index (χ0n) is 15.3. The van der Waals surface area contributed by atoms with E-state index in [1.807, 2.05) is 24.1 Å². The van der Waals surface area contributed by atoms with Crippen LogP contribution in [0.4, 0.5) is 0 Å². The third-order valence-corrected chi connectivity index (χ3v) is 6.93. The van der Waals surface area contributed by atoms with E-state index in [0.717, 1.165) is 16.9 Å². The van der Waals surface area contributed by atoms with Gasteiger partial charge in [0.05, 0.1) is 6.61 Å². The van der Waals surface area contributed by atoms with Crippen LogP contribution in [0.2, 0.25) is 0 Å². The van der Waals surface area contributed by atoms with Gasteiger partial charge in [0.15, 0.2) is 0 Å². The second-order valence-corrected chi connectivity index (χ2v) is 8.15. The zero-order chi connectivity index (χ0) is 19.0. The molecule has 1 fully saturated rings. The first kappa shape index (κ1) is 18.2. The maximum Gasteiger partial charge on any atom is 0.345 e. The summed E-state index contributed by atoms with van der Waals surface area (Å²) in [5.41, 5.74) is 0.641. The van der Waals surface area contributed by atoms with Crippen LogP contribution >= 0.6 is 11.3 Å². The maximum atomic E-state index is 13.0. The molecule has 1 spiro atoms. The number of carbonyl (C=O) groups is 2. The summed E-state index contributed by atoms with van der Waals surface area (Å²) in [5.74, 6) is -0.799. The van der Waals surface area contributed by atoms with Crippen LogP contribution in [0.5, 0.6) is 0 Å². The van der Waals surface area contributed by atoms with Crippen LogP contribution in [-0.4, -0.2) is 51.4 Å². The minimum absolute atomic E-state index is 0.0875. The molecule has 2 aliphatic rings. The Kier molecular flexibility index (Phi) is 4.77. The fourth-order valence-corrected chi connectivity index (χ4v) is 5.39. The minimum atomic E-state index is -0.887. The lowest BCUT2D eigenvalue weighted by Gasteiger charge is -2.44. The first-order valence-electron chi connectivity index (χ1n) is 9.32. The highest BCUT2D eigenvalue weighted by atomic mass is 32.1. The van der Waals surface area contributed by atoms with Crippen molar-refractivity contribution in [2.45, 2.75) is 44.2 Å². The molecule has 7 nitrogen and oxygen atoms in total. The highest BCUT2D eigenvalue weighted by molar-refractivity contribution is 7.14. The Morgan fingerprint density at radius 3 is 2.81 bits per heavy atom. The average molecular weight is 389 g/mol. The van der Waals surface area contributed by atoms with Crippen molar-refractivity contribution in [3.63, 3.8) is 0 Å². The molecule has 0 saturated carbocycles. The van der Waals surface area contributed by atoms with E-state index in [-0.39, 0.29) is 11.9 Å². The molecule has 8 heteroatoms. The van der Waals surface area contributed by atoms with E-state index in [0.29, 0.717) is 43.8 Å². The number of rotatable bonds is 4. The van der Waals surface area contributed by atoms with Gasteiger partial charge in [0.2, 0.25) is 5.91 Å². The van der Waals surface area contributed by atoms with Gasteiger partial charge in [-0.15, -0.1) is 11.3 Å². The van der Waals surface area contributed by atoms with Crippen LogP contribution in [0.3, 0.4) is 0 Å². The summed E-state index contributed by atoms with van der Waals surface area (Å²) >= 11 is 1.33. The van der Waals surface area contributed by atoms with E-state index in [4.69, 9.17) is 4.74 Å². The normalized spacial score (nSPS) is 19.7. The number of carboxylic acids is 1. The number of amides is 1. The molecule has 2 aromatic heterocycles. The predicted molar refractivity (Wildman–Crippen MR) is 100.0 cm³/mol. The van der Waals surface area contributed by atoms with Crippen LogP contribution in [0.25, 0.3) is 0 Å². The highest BCUT2D eigenvalue weighted by Crippen LogP contribution is 2.45. The summed E-state index contributed by atoms with van der Waals surface area (Å²) in [6.45, 7) is 3.81. The zero-order valence-corrected chi connectivity index (χ0v) is 16.1. The van der Waals surface area contributed by atoms with E-state index < -0.39 is 11.6 Å². The minimum Gasteiger partial charge on any atom is -0.477 e. The molecule has 1 unspecified atom stereocenters. The number of hydrogen-bond acceptors (Lipinski definition) is 5. The number of nitrogens with zero attached hydrogens (tertiary/aromatic N) is 3. The first-order valence-corrected chi connectivity index (χ1v) is 10.1. The Morgan fingerprint density at radius 1 is 1.41 bits per heavy atom. The second-order valence-electron chi connectivity index (χ2n) is 7.10. The number of carboxylic acid groups (broad SMARTS) is 1. The van der Waals surface area contributed by atoms with Crippen molar-refractivity contribution in [1.82, 2.24) is 14.7 Å². The van der Waals surface area contributed by atoms with Gasteiger partial charge in [0.25, 0.3) is 0 Å². The van der Waals surface area contributed by atoms with Crippen LogP contribution in [0.15, 0.2) is 24.5 Å². The molecule has 0 bridgehead atoms. The molecule has 144 valence electrons. The summed E-state index contributed by atoms with van der Waals surface area (Å²) in [4.78, 5) is 27.6. The Morgan fingerprint density at radius 2 is 2.19 bits per heavy atom.